The lowest BCUT2D eigenvalue weighted by Gasteiger charge is -2.33. The molecule has 1 aromatic carbocycles. The minimum atomic E-state index is 0.328. The van der Waals surface area contributed by atoms with Crippen LogP contribution in [0.1, 0.15) is 50.2 Å². The molecule has 2 aliphatic rings. The van der Waals surface area contributed by atoms with Crippen molar-refractivity contribution in [1.29, 1.82) is 0 Å². The summed E-state index contributed by atoms with van der Waals surface area (Å²) in [6, 6.07) is 4.43. The molecule has 0 amide bonds. The lowest BCUT2D eigenvalue weighted by atomic mass is 9.76. The Bertz CT molecular complexity index is 502. The molecule has 0 spiro atoms. The van der Waals surface area contributed by atoms with Crippen molar-refractivity contribution in [2.24, 2.45) is 11.8 Å². The van der Waals surface area contributed by atoms with Gasteiger partial charge in [-0.2, -0.15) is 0 Å². The highest BCUT2D eigenvalue weighted by Gasteiger charge is 2.30. The van der Waals surface area contributed by atoms with Crippen molar-refractivity contribution in [2.45, 2.75) is 57.2 Å². The van der Waals surface area contributed by atoms with E-state index in [1.165, 1.54) is 47.7 Å². The summed E-state index contributed by atoms with van der Waals surface area (Å²) >= 11 is 10.3. The zero-order valence-electron chi connectivity index (χ0n) is 12.7. The molecule has 0 aromatic heterocycles. The van der Waals surface area contributed by atoms with Gasteiger partial charge in [-0.05, 0) is 60.8 Å². The number of fused-ring (bicyclic) bond motifs is 1. The Morgan fingerprint density at radius 2 is 2.19 bits per heavy atom. The molecular formula is C18H24BrClO. The van der Waals surface area contributed by atoms with E-state index >= 15 is 0 Å². The highest BCUT2D eigenvalue weighted by Crippen LogP contribution is 2.40. The third-order valence-corrected chi connectivity index (χ3v) is 6.04. The van der Waals surface area contributed by atoms with Crippen molar-refractivity contribution >= 4 is 27.5 Å². The Morgan fingerprint density at radius 1 is 1.33 bits per heavy atom. The fraction of sp³-hybridized carbons (Fsp3) is 0.667. The average molecular weight is 372 g/mol. The van der Waals surface area contributed by atoms with E-state index in [1.54, 1.807) is 0 Å². The van der Waals surface area contributed by atoms with E-state index in [2.05, 4.69) is 35.0 Å². The van der Waals surface area contributed by atoms with Gasteiger partial charge in [-0.3, -0.25) is 0 Å². The summed E-state index contributed by atoms with van der Waals surface area (Å²) in [7, 11) is 0. The summed E-state index contributed by atoms with van der Waals surface area (Å²) in [5, 5.41) is 0.328. The van der Waals surface area contributed by atoms with Crippen LogP contribution in [0, 0.1) is 11.8 Å². The van der Waals surface area contributed by atoms with Crippen LogP contribution in [0.25, 0.3) is 0 Å². The molecule has 3 rings (SSSR count). The van der Waals surface area contributed by atoms with Crippen LogP contribution < -0.4 is 4.74 Å². The largest absolute Gasteiger partial charge is 0.493 e. The van der Waals surface area contributed by atoms with Gasteiger partial charge >= 0.3 is 0 Å². The summed E-state index contributed by atoms with van der Waals surface area (Å²) in [5.74, 6) is 2.61. The van der Waals surface area contributed by atoms with Crippen LogP contribution in [0.2, 0.25) is 0 Å². The van der Waals surface area contributed by atoms with E-state index in [4.69, 9.17) is 16.3 Å². The van der Waals surface area contributed by atoms with Gasteiger partial charge in [0.25, 0.3) is 0 Å². The van der Waals surface area contributed by atoms with E-state index in [1.807, 2.05) is 0 Å². The first-order chi connectivity index (χ1) is 10.2. The predicted octanol–water partition coefficient (Wildman–Crippen LogP) is 5.75. The van der Waals surface area contributed by atoms with Crippen LogP contribution in [0.15, 0.2) is 16.6 Å². The Labute approximate surface area is 141 Å². The molecule has 0 N–H and O–H groups in total. The number of hydrogen-bond acceptors (Lipinski definition) is 1. The predicted molar refractivity (Wildman–Crippen MR) is 92.4 cm³/mol. The standard InChI is InChI=1S/C18H24BrClO/c1-2-3-12-4-5-17(20)14(8-12)9-15-11-16(19)10-13-6-7-21-18(13)15/h10-12,14,17H,2-9H2,1H3. The molecular weight excluding hydrogens is 348 g/mol. The zero-order chi connectivity index (χ0) is 14.8. The second-order valence-electron chi connectivity index (χ2n) is 6.60. The molecule has 0 radical (unpaired) electrons. The van der Waals surface area contributed by atoms with Crippen LogP contribution in [-0.2, 0) is 12.8 Å². The molecule has 1 aromatic rings. The molecule has 116 valence electrons. The van der Waals surface area contributed by atoms with E-state index in [0.29, 0.717) is 11.3 Å². The summed E-state index contributed by atoms with van der Waals surface area (Å²) < 4.78 is 7.05. The Hall–Kier alpha value is -0.210. The Morgan fingerprint density at radius 3 is 3.00 bits per heavy atom. The molecule has 1 aliphatic carbocycles. The number of rotatable bonds is 4. The summed E-state index contributed by atoms with van der Waals surface area (Å²) in [5.41, 5.74) is 2.70. The van der Waals surface area contributed by atoms with Gasteiger partial charge in [-0.25, -0.2) is 0 Å². The van der Waals surface area contributed by atoms with Crippen molar-refractivity contribution in [3.63, 3.8) is 0 Å². The smallest absolute Gasteiger partial charge is 0.125 e. The van der Waals surface area contributed by atoms with Gasteiger partial charge in [0.15, 0.2) is 0 Å². The molecule has 1 heterocycles. The van der Waals surface area contributed by atoms with Gasteiger partial charge in [0.1, 0.15) is 5.75 Å². The van der Waals surface area contributed by atoms with Crippen LogP contribution >= 0.6 is 27.5 Å². The van der Waals surface area contributed by atoms with Crippen molar-refractivity contribution in [3.05, 3.63) is 27.7 Å². The van der Waals surface area contributed by atoms with Crippen molar-refractivity contribution in [3.8, 4) is 5.75 Å². The molecule has 1 aliphatic heterocycles. The quantitative estimate of drug-likeness (QED) is 0.612. The lowest BCUT2D eigenvalue weighted by molar-refractivity contribution is 0.255. The summed E-state index contributed by atoms with van der Waals surface area (Å²) in [4.78, 5) is 0. The first-order valence-corrected chi connectivity index (χ1v) is 9.48. The van der Waals surface area contributed by atoms with Crippen LogP contribution in [0.5, 0.6) is 5.75 Å². The van der Waals surface area contributed by atoms with Gasteiger partial charge in [-0.15, -0.1) is 11.6 Å². The third-order valence-electron chi connectivity index (χ3n) is 5.00. The number of alkyl halides is 1. The maximum atomic E-state index is 6.64. The fourth-order valence-corrected chi connectivity index (χ4v) is 4.86. The van der Waals surface area contributed by atoms with Crippen molar-refractivity contribution in [2.75, 3.05) is 6.61 Å². The Balaban J connectivity index is 1.76. The van der Waals surface area contributed by atoms with E-state index in [-0.39, 0.29) is 0 Å². The third kappa shape index (κ3) is 3.59. The number of ether oxygens (including phenoxy) is 1. The van der Waals surface area contributed by atoms with Gasteiger partial charge in [0.2, 0.25) is 0 Å². The molecule has 0 bridgehead atoms. The van der Waals surface area contributed by atoms with Gasteiger partial charge < -0.3 is 4.74 Å². The molecule has 3 atom stereocenters. The van der Waals surface area contributed by atoms with E-state index in [0.717, 1.165) is 31.1 Å². The van der Waals surface area contributed by atoms with Crippen LogP contribution in [0.4, 0.5) is 0 Å². The van der Waals surface area contributed by atoms with Gasteiger partial charge in [0, 0.05) is 16.3 Å². The summed E-state index contributed by atoms with van der Waals surface area (Å²) in [6.07, 6.45) is 8.52. The fourth-order valence-electron chi connectivity index (χ4n) is 3.99. The lowest BCUT2D eigenvalue weighted by Crippen LogP contribution is -2.27. The van der Waals surface area contributed by atoms with E-state index < -0.39 is 0 Å². The molecule has 21 heavy (non-hydrogen) atoms. The molecule has 0 saturated heterocycles. The molecule has 1 nitrogen and oxygen atoms in total. The monoisotopic (exact) mass is 370 g/mol. The second-order valence-corrected chi connectivity index (χ2v) is 8.08. The highest BCUT2D eigenvalue weighted by atomic mass is 79.9. The van der Waals surface area contributed by atoms with Gasteiger partial charge in [0.05, 0.1) is 6.61 Å². The highest BCUT2D eigenvalue weighted by molar-refractivity contribution is 9.10. The zero-order valence-corrected chi connectivity index (χ0v) is 15.0. The van der Waals surface area contributed by atoms with Crippen molar-refractivity contribution < 1.29 is 4.74 Å². The van der Waals surface area contributed by atoms with E-state index in [9.17, 15) is 0 Å². The molecule has 1 saturated carbocycles. The number of benzene rings is 1. The minimum absolute atomic E-state index is 0.328. The van der Waals surface area contributed by atoms with Crippen LogP contribution in [-0.4, -0.2) is 12.0 Å². The Kier molecular flexibility index (Phi) is 5.16. The normalized spacial score (nSPS) is 28.2. The molecule has 1 fully saturated rings. The van der Waals surface area contributed by atoms with Gasteiger partial charge in [-0.1, -0.05) is 35.7 Å². The summed E-state index contributed by atoms with van der Waals surface area (Å²) in [6.45, 7) is 3.11. The van der Waals surface area contributed by atoms with Crippen molar-refractivity contribution in [1.82, 2.24) is 0 Å². The molecule has 3 heteroatoms. The minimum Gasteiger partial charge on any atom is -0.493 e. The first-order valence-electron chi connectivity index (χ1n) is 8.25. The maximum absolute atomic E-state index is 6.64. The topological polar surface area (TPSA) is 9.23 Å². The number of halogens is 2. The molecule has 3 unspecified atom stereocenters. The number of hydrogen-bond donors (Lipinski definition) is 0. The second kappa shape index (κ2) is 6.91. The maximum Gasteiger partial charge on any atom is 0.125 e. The van der Waals surface area contributed by atoms with Crippen LogP contribution in [0.3, 0.4) is 0 Å². The SMILES string of the molecule is CCCC1CCC(Cl)C(Cc2cc(Br)cc3c2OCC3)C1. The average Bonchev–Trinajstić information content (AvgIpc) is 2.91. The first kappa shape index (κ1) is 15.7.